The van der Waals surface area contributed by atoms with E-state index in [4.69, 9.17) is 4.74 Å². The molecule has 1 saturated heterocycles. The van der Waals surface area contributed by atoms with Crippen molar-refractivity contribution in [2.45, 2.75) is 26.3 Å². The Morgan fingerprint density at radius 2 is 2.23 bits per heavy atom. The Morgan fingerprint density at radius 1 is 1.41 bits per heavy atom. The number of thiazole rings is 1. The molecule has 2 aromatic rings. The average Bonchev–Trinajstić information content (AvgIpc) is 2.92. The summed E-state index contributed by atoms with van der Waals surface area (Å²) in [6, 6.07) is 0.454. The second-order valence-corrected chi connectivity index (χ2v) is 7.57. The molecule has 1 atom stereocenters. The van der Waals surface area contributed by atoms with Gasteiger partial charge in [-0.2, -0.15) is 0 Å². The van der Waals surface area contributed by atoms with Crippen molar-refractivity contribution >= 4 is 27.3 Å². The van der Waals surface area contributed by atoms with Crippen LogP contribution in [0.15, 0.2) is 22.2 Å². The topological polar surface area (TPSA) is 51.1 Å². The molecule has 0 spiro atoms. The second kappa shape index (κ2) is 7.48. The first kappa shape index (κ1) is 15.8. The molecule has 0 aromatic carbocycles. The molecule has 0 bridgehead atoms. The minimum Gasteiger partial charge on any atom is -0.463 e. The van der Waals surface area contributed by atoms with Crippen LogP contribution in [0.4, 0.5) is 0 Å². The predicted octanol–water partition coefficient (Wildman–Crippen LogP) is 3.30. The lowest BCUT2D eigenvalue weighted by atomic mass is 9.99. The Labute approximate surface area is 142 Å². The molecule has 0 aliphatic carbocycles. The first-order chi connectivity index (χ1) is 10.7. The molecule has 3 rings (SSSR count). The van der Waals surface area contributed by atoms with Crippen molar-refractivity contribution in [1.82, 2.24) is 19.9 Å². The molecule has 1 aliphatic heterocycles. The van der Waals surface area contributed by atoms with Gasteiger partial charge in [-0.3, -0.25) is 4.90 Å². The highest BCUT2D eigenvalue weighted by Crippen LogP contribution is 2.20. The summed E-state index contributed by atoms with van der Waals surface area (Å²) in [6.07, 6.45) is 5.82. The van der Waals surface area contributed by atoms with Crippen molar-refractivity contribution < 1.29 is 4.74 Å². The number of nitrogens with zero attached hydrogens (tertiary/aromatic N) is 4. The van der Waals surface area contributed by atoms with Crippen LogP contribution in [0.1, 0.15) is 23.5 Å². The van der Waals surface area contributed by atoms with Gasteiger partial charge in [0.05, 0.1) is 21.8 Å². The largest absolute Gasteiger partial charge is 0.463 e. The Morgan fingerprint density at radius 3 is 2.95 bits per heavy atom. The highest BCUT2D eigenvalue weighted by atomic mass is 79.9. The molecule has 0 radical (unpaired) electrons. The number of likely N-dealkylation sites (tertiary alicyclic amines) is 1. The van der Waals surface area contributed by atoms with Crippen LogP contribution in [0.2, 0.25) is 0 Å². The van der Waals surface area contributed by atoms with E-state index in [2.05, 4.69) is 48.1 Å². The van der Waals surface area contributed by atoms with E-state index < -0.39 is 0 Å². The van der Waals surface area contributed by atoms with Crippen LogP contribution in [0.3, 0.4) is 0 Å². The van der Waals surface area contributed by atoms with Crippen LogP contribution in [0.5, 0.6) is 6.01 Å². The van der Waals surface area contributed by atoms with Gasteiger partial charge < -0.3 is 4.74 Å². The van der Waals surface area contributed by atoms with Gasteiger partial charge in [0.25, 0.3) is 0 Å². The Balaban J connectivity index is 1.49. The zero-order valence-electron chi connectivity index (χ0n) is 12.5. The zero-order chi connectivity index (χ0) is 15.4. The summed E-state index contributed by atoms with van der Waals surface area (Å²) >= 11 is 5.04. The number of rotatable bonds is 5. The number of halogens is 1. The summed E-state index contributed by atoms with van der Waals surface area (Å²) in [4.78, 5) is 15.3. The molecular weight excluding hydrogens is 364 g/mol. The van der Waals surface area contributed by atoms with Crippen LogP contribution in [0, 0.1) is 12.8 Å². The fourth-order valence-electron chi connectivity index (χ4n) is 2.71. The smallest absolute Gasteiger partial charge is 0.316 e. The minimum absolute atomic E-state index is 0.454. The molecule has 3 heterocycles. The van der Waals surface area contributed by atoms with Crippen molar-refractivity contribution in [3.05, 3.63) is 32.9 Å². The Hall–Kier alpha value is -1.05. The predicted molar refractivity (Wildman–Crippen MR) is 90.1 cm³/mol. The highest BCUT2D eigenvalue weighted by Gasteiger charge is 2.21. The van der Waals surface area contributed by atoms with E-state index in [0.29, 0.717) is 18.5 Å². The van der Waals surface area contributed by atoms with E-state index in [1.54, 1.807) is 23.7 Å². The zero-order valence-corrected chi connectivity index (χ0v) is 14.9. The van der Waals surface area contributed by atoms with Crippen LogP contribution >= 0.6 is 27.3 Å². The maximum Gasteiger partial charge on any atom is 0.316 e. The summed E-state index contributed by atoms with van der Waals surface area (Å²) in [6.45, 7) is 5.86. The SMILES string of the molecule is Cc1nc(CN2CCCC(COc3ncc(Br)cn3)C2)cs1. The van der Waals surface area contributed by atoms with Gasteiger partial charge in [0.2, 0.25) is 0 Å². The van der Waals surface area contributed by atoms with E-state index in [-0.39, 0.29) is 0 Å². The lowest BCUT2D eigenvalue weighted by molar-refractivity contribution is 0.120. The van der Waals surface area contributed by atoms with Crippen molar-refractivity contribution in [2.24, 2.45) is 5.92 Å². The van der Waals surface area contributed by atoms with Gasteiger partial charge in [-0.05, 0) is 42.2 Å². The van der Waals surface area contributed by atoms with Crippen molar-refractivity contribution in [1.29, 1.82) is 0 Å². The van der Waals surface area contributed by atoms with E-state index >= 15 is 0 Å². The van der Waals surface area contributed by atoms with Crippen LogP contribution in [-0.4, -0.2) is 39.5 Å². The normalized spacial score (nSPS) is 19.3. The van der Waals surface area contributed by atoms with Crippen molar-refractivity contribution in [3.63, 3.8) is 0 Å². The summed E-state index contributed by atoms with van der Waals surface area (Å²) < 4.78 is 6.58. The Kier molecular flexibility index (Phi) is 5.38. The van der Waals surface area contributed by atoms with Crippen molar-refractivity contribution in [3.8, 4) is 6.01 Å². The number of aryl methyl sites for hydroxylation is 1. The van der Waals surface area contributed by atoms with Gasteiger partial charge in [0.1, 0.15) is 0 Å². The quantitative estimate of drug-likeness (QED) is 0.793. The fourth-order valence-corrected chi connectivity index (χ4v) is 3.52. The van der Waals surface area contributed by atoms with Crippen LogP contribution in [-0.2, 0) is 6.54 Å². The highest BCUT2D eigenvalue weighted by molar-refractivity contribution is 9.10. The molecule has 0 amide bonds. The maximum absolute atomic E-state index is 5.72. The molecule has 7 heteroatoms. The lowest BCUT2D eigenvalue weighted by Crippen LogP contribution is -2.37. The van der Waals surface area contributed by atoms with Crippen LogP contribution < -0.4 is 4.74 Å². The van der Waals surface area contributed by atoms with E-state index in [0.717, 1.165) is 29.1 Å². The first-order valence-electron chi connectivity index (χ1n) is 7.43. The van der Waals surface area contributed by atoms with Crippen molar-refractivity contribution in [2.75, 3.05) is 19.7 Å². The van der Waals surface area contributed by atoms with Gasteiger partial charge in [0.15, 0.2) is 0 Å². The third-order valence-electron chi connectivity index (χ3n) is 3.70. The summed E-state index contributed by atoms with van der Waals surface area (Å²) in [5.74, 6) is 0.528. The molecule has 5 nitrogen and oxygen atoms in total. The minimum atomic E-state index is 0.454. The maximum atomic E-state index is 5.72. The van der Waals surface area contributed by atoms with Gasteiger partial charge in [-0.1, -0.05) is 0 Å². The monoisotopic (exact) mass is 382 g/mol. The molecule has 0 saturated carbocycles. The number of hydrogen-bond acceptors (Lipinski definition) is 6. The number of hydrogen-bond donors (Lipinski definition) is 0. The number of ether oxygens (including phenoxy) is 1. The molecular formula is C15H19BrN4OS. The van der Waals surface area contributed by atoms with E-state index in [1.807, 2.05) is 0 Å². The third kappa shape index (κ3) is 4.47. The first-order valence-corrected chi connectivity index (χ1v) is 9.10. The van der Waals surface area contributed by atoms with Gasteiger partial charge in [-0.15, -0.1) is 11.3 Å². The standard InChI is InChI=1S/C15H19BrN4OS/c1-11-19-14(10-22-11)8-20-4-2-3-12(7-20)9-21-15-17-5-13(16)6-18-15/h5-6,10,12H,2-4,7-9H2,1H3. The summed E-state index contributed by atoms with van der Waals surface area (Å²) in [5, 5.41) is 3.30. The van der Waals surface area contributed by atoms with E-state index in [1.165, 1.54) is 18.5 Å². The van der Waals surface area contributed by atoms with Gasteiger partial charge >= 0.3 is 6.01 Å². The second-order valence-electron chi connectivity index (χ2n) is 5.60. The van der Waals surface area contributed by atoms with Gasteiger partial charge in [0, 0.05) is 36.8 Å². The summed E-state index contributed by atoms with van der Waals surface area (Å²) in [5.41, 5.74) is 1.18. The lowest BCUT2D eigenvalue weighted by Gasteiger charge is -2.31. The molecule has 22 heavy (non-hydrogen) atoms. The molecule has 1 unspecified atom stereocenters. The third-order valence-corrected chi connectivity index (χ3v) is 4.93. The fraction of sp³-hybridized carbons (Fsp3) is 0.533. The number of piperidine rings is 1. The molecule has 0 N–H and O–H groups in total. The van der Waals surface area contributed by atoms with Gasteiger partial charge in [-0.25, -0.2) is 15.0 Å². The molecule has 118 valence electrons. The molecule has 2 aromatic heterocycles. The average molecular weight is 383 g/mol. The summed E-state index contributed by atoms with van der Waals surface area (Å²) in [7, 11) is 0. The molecule has 1 fully saturated rings. The number of aromatic nitrogens is 3. The van der Waals surface area contributed by atoms with Crippen LogP contribution in [0.25, 0.3) is 0 Å². The van der Waals surface area contributed by atoms with E-state index in [9.17, 15) is 0 Å². The Bertz CT molecular complexity index is 604. The molecule has 1 aliphatic rings.